The van der Waals surface area contributed by atoms with Gasteiger partial charge in [0.1, 0.15) is 5.54 Å². The lowest BCUT2D eigenvalue weighted by molar-refractivity contribution is -0.143. The molecule has 2 aromatic carbocycles. The van der Waals surface area contributed by atoms with Crippen molar-refractivity contribution in [2.75, 3.05) is 24.0 Å². The average Bonchev–Trinajstić information content (AvgIpc) is 3.34. The predicted molar refractivity (Wildman–Crippen MR) is 120 cm³/mol. The maximum Gasteiger partial charge on any atom is 0.252 e. The van der Waals surface area contributed by atoms with Gasteiger partial charge in [0.25, 0.3) is 5.91 Å². The highest BCUT2D eigenvalue weighted by Gasteiger charge is 2.71. The van der Waals surface area contributed by atoms with E-state index in [2.05, 4.69) is 5.32 Å². The number of anilines is 1. The number of likely N-dealkylation sites (N-methyl/N-ethyl adjacent to an activating group) is 1. The van der Waals surface area contributed by atoms with Gasteiger partial charge in [-0.3, -0.25) is 24.6 Å². The molecule has 4 atom stereocenters. The lowest BCUT2D eigenvalue weighted by Gasteiger charge is -2.30. The molecule has 2 fully saturated rings. The van der Waals surface area contributed by atoms with E-state index in [4.69, 9.17) is 0 Å². The third-order valence-corrected chi connectivity index (χ3v) is 7.55. The molecule has 1 N–H and O–H groups in total. The zero-order valence-electron chi connectivity index (χ0n) is 17.6. The number of amides is 3. The Kier molecular flexibility index (Phi) is 4.90. The van der Waals surface area contributed by atoms with Crippen molar-refractivity contribution in [3.63, 3.8) is 0 Å². The molecule has 160 valence electrons. The summed E-state index contributed by atoms with van der Waals surface area (Å²) in [5.74, 6) is -0.993. The maximum absolute atomic E-state index is 13.7. The van der Waals surface area contributed by atoms with E-state index in [1.807, 2.05) is 60.9 Å². The Bertz CT molecular complexity index is 1060. The summed E-state index contributed by atoms with van der Waals surface area (Å²) in [5.41, 5.74) is 1.32. The fourth-order valence-electron chi connectivity index (χ4n) is 5.53. The monoisotopic (exact) mass is 435 g/mol. The molecule has 5 rings (SSSR count). The Hall–Kier alpha value is -2.64. The number of thioether (sulfide) groups is 1. The topological polar surface area (TPSA) is 69.7 Å². The number of nitrogens with zero attached hydrogens (tertiary/aromatic N) is 2. The summed E-state index contributed by atoms with van der Waals surface area (Å²) in [4.78, 5) is 43.9. The van der Waals surface area contributed by atoms with Crippen molar-refractivity contribution >= 4 is 35.2 Å². The van der Waals surface area contributed by atoms with Gasteiger partial charge < -0.3 is 4.90 Å². The summed E-state index contributed by atoms with van der Waals surface area (Å²) >= 11 is 1.70. The third kappa shape index (κ3) is 2.79. The molecule has 0 unspecified atom stereocenters. The molecule has 3 amide bonds. The Labute approximate surface area is 186 Å². The molecule has 7 heteroatoms. The zero-order valence-corrected chi connectivity index (χ0v) is 18.4. The SMILES string of the molecule is CSCC[C@@H]1N[C@]2(C(=O)N(C)c3ccccc32)[C@H]2C(=O)N(Cc3ccccc3)C(=O)[C@@H]12. The minimum Gasteiger partial charge on any atom is -0.313 e. The number of para-hydroxylation sites is 1. The van der Waals surface area contributed by atoms with Crippen molar-refractivity contribution in [2.24, 2.45) is 11.8 Å². The molecular formula is C24H25N3O3S. The van der Waals surface area contributed by atoms with E-state index in [9.17, 15) is 14.4 Å². The van der Waals surface area contributed by atoms with Crippen LogP contribution in [0.15, 0.2) is 54.6 Å². The first-order chi connectivity index (χ1) is 15.0. The lowest BCUT2D eigenvalue weighted by atomic mass is 9.76. The van der Waals surface area contributed by atoms with E-state index >= 15 is 0 Å². The average molecular weight is 436 g/mol. The zero-order chi connectivity index (χ0) is 21.8. The van der Waals surface area contributed by atoms with Crippen molar-refractivity contribution in [2.45, 2.75) is 24.5 Å². The second kappa shape index (κ2) is 7.50. The summed E-state index contributed by atoms with van der Waals surface area (Å²) in [6, 6.07) is 16.9. The molecule has 2 saturated heterocycles. The van der Waals surface area contributed by atoms with Crippen LogP contribution in [0.4, 0.5) is 5.69 Å². The molecule has 3 aliphatic rings. The van der Waals surface area contributed by atoms with Crippen LogP contribution in [0.3, 0.4) is 0 Å². The summed E-state index contributed by atoms with van der Waals surface area (Å²) in [6.45, 7) is 0.239. The molecule has 0 bridgehead atoms. The molecule has 1 spiro atoms. The Balaban J connectivity index is 1.60. The molecule has 3 heterocycles. The molecular weight excluding hydrogens is 410 g/mol. The minimum absolute atomic E-state index is 0.155. The number of likely N-dealkylation sites (tertiary alicyclic amines) is 1. The number of hydrogen-bond donors (Lipinski definition) is 1. The summed E-state index contributed by atoms with van der Waals surface area (Å²) in [5, 5.41) is 3.51. The normalized spacial score (nSPS) is 29.2. The van der Waals surface area contributed by atoms with E-state index < -0.39 is 17.4 Å². The number of hydrogen-bond acceptors (Lipinski definition) is 5. The van der Waals surface area contributed by atoms with E-state index in [1.54, 1.807) is 23.7 Å². The first-order valence-electron chi connectivity index (χ1n) is 10.5. The number of benzene rings is 2. The lowest BCUT2D eigenvalue weighted by Crippen LogP contribution is -2.54. The summed E-state index contributed by atoms with van der Waals surface area (Å²) in [6.07, 6.45) is 2.75. The van der Waals surface area contributed by atoms with Gasteiger partial charge in [0.15, 0.2) is 0 Å². The Morgan fingerprint density at radius 1 is 1.00 bits per heavy atom. The van der Waals surface area contributed by atoms with Gasteiger partial charge in [-0.25, -0.2) is 0 Å². The second-order valence-electron chi connectivity index (χ2n) is 8.47. The fourth-order valence-corrected chi connectivity index (χ4v) is 6.02. The van der Waals surface area contributed by atoms with Crippen LogP contribution in [0, 0.1) is 11.8 Å². The molecule has 0 radical (unpaired) electrons. The molecule has 0 saturated carbocycles. The first kappa shape index (κ1) is 20.3. The number of carbonyl (C=O) groups is 3. The molecule has 0 aliphatic carbocycles. The van der Waals surface area contributed by atoms with Gasteiger partial charge in [-0.15, -0.1) is 0 Å². The fraction of sp³-hybridized carbons (Fsp3) is 0.375. The van der Waals surface area contributed by atoms with Gasteiger partial charge in [0, 0.05) is 24.3 Å². The number of imide groups is 1. The Morgan fingerprint density at radius 3 is 2.45 bits per heavy atom. The third-order valence-electron chi connectivity index (χ3n) is 6.90. The van der Waals surface area contributed by atoms with Crippen molar-refractivity contribution < 1.29 is 14.4 Å². The van der Waals surface area contributed by atoms with Gasteiger partial charge in [-0.05, 0) is 30.1 Å². The highest BCUT2D eigenvalue weighted by molar-refractivity contribution is 7.98. The maximum atomic E-state index is 13.7. The number of fused-ring (bicyclic) bond motifs is 4. The van der Waals surface area contributed by atoms with Crippen LogP contribution in [0.25, 0.3) is 0 Å². The van der Waals surface area contributed by atoms with Crippen LogP contribution < -0.4 is 10.2 Å². The van der Waals surface area contributed by atoms with Gasteiger partial charge >= 0.3 is 0 Å². The number of nitrogens with one attached hydrogen (secondary N) is 1. The van der Waals surface area contributed by atoms with Crippen LogP contribution in [0.5, 0.6) is 0 Å². The molecule has 3 aliphatic heterocycles. The highest BCUT2D eigenvalue weighted by Crippen LogP contribution is 2.54. The van der Waals surface area contributed by atoms with Crippen molar-refractivity contribution in [3.05, 3.63) is 65.7 Å². The predicted octanol–water partition coefficient (Wildman–Crippen LogP) is 2.38. The molecule has 6 nitrogen and oxygen atoms in total. The van der Waals surface area contributed by atoms with Gasteiger partial charge in [-0.2, -0.15) is 11.8 Å². The minimum atomic E-state index is -1.18. The van der Waals surface area contributed by atoms with Gasteiger partial charge in [0.2, 0.25) is 11.8 Å². The second-order valence-corrected chi connectivity index (χ2v) is 9.46. The van der Waals surface area contributed by atoms with Crippen molar-refractivity contribution in [1.82, 2.24) is 10.2 Å². The highest BCUT2D eigenvalue weighted by atomic mass is 32.2. The van der Waals surface area contributed by atoms with E-state index in [1.165, 1.54) is 4.90 Å². The van der Waals surface area contributed by atoms with Gasteiger partial charge in [-0.1, -0.05) is 48.5 Å². The van der Waals surface area contributed by atoms with E-state index in [-0.39, 0.29) is 30.3 Å². The first-order valence-corrected chi connectivity index (χ1v) is 11.9. The van der Waals surface area contributed by atoms with Crippen LogP contribution in [-0.2, 0) is 26.5 Å². The Morgan fingerprint density at radius 2 is 1.71 bits per heavy atom. The largest absolute Gasteiger partial charge is 0.313 e. The van der Waals surface area contributed by atoms with E-state index in [0.29, 0.717) is 0 Å². The molecule has 0 aromatic heterocycles. The van der Waals surface area contributed by atoms with Crippen LogP contribution in [0.2, 0.25) is 0 Å². The van der Waals surface area contributed by atoms with Crippen LogP contribution in [0.1, 0.15) is 17.5 Å². The molecule has 2 aromatic rings. The summed E-state index contributed by atoms with van der Waals surface area (Å²) < 4.78 is 0. The summed E-state index contributed by atoms with van der Waals surface area (Å²) in [7, 11) is 1.74. The van der Waals surface area contributed by atoms with Crippen molar-refractivity contribution in [3.8, 4) is 0 Å². The quantitative estimate of drug-likeness (QED) is 0.731. The smallest absolute Gasteiger partial charge is 0.252 e. The molecule has 31 heavy (non-hydrogen) atoms. The van der Waals surface area contributed by atoms with Crippen molar-refractivity contribution in [1.29, 1.82) is 0 Å². The van der Waals surface area contributed by atoms with E-state index in [0.717, 1.165) is 29.0 Å². The van der Waals surface area contributed by atoms with Gasteiger partial charge in [0.05, 0.1) is 18.4 Å². The van der Waals surface area contributed by atoms with Crippen LogP contribution in [-0.4, -0.2) is 47.7 Å². The number of carbonyl (C=O) groups excluding carboxylic acids is 3. The van der Waals surface area contributed by atoms with Crippen LogP contribution >= 0.6 is 11.8 Å². The number of rotatable bonds is 5. The standard InChI is InChI=1S/C24H25N3O3S/c1-26-18-11-7-6-10-16(18)24(23(26)30)20-19(17(25-24)12-13-31-2)21(28)27(22(20)29)14-15-8-4-3-5-9-15/h3-11,17,19-20,25H,12-14H2,1-2H3/t17-,19-,20+,24-/m0/s1.